The third-order valence-electron chi connectivity index (χ3n) is 3.58. The van der Waals surface area contributed by atoms with Crippen molar-refractivity contribution in [2.45, 2.75) is 31.8 Å². The summed E-state index contributed by atoms with van der Waals surface area (Å²) in [5, 5.41) is 14.8. The van der Waals surface area contributed by atoms with Crippen LogP contribution in [0.2, 0.25) is 0 Å². The van der Waals surface area contributed by atoms with E-state index in [0.717, 1.165) is 29.2 Å². The summed E-state index contributed by atoms with van der Waals surface area (Å²) in [7, 11) is 0. The second kappa shape index (κ2) is 4.67. The number of aliphatic carboxylic acids is 1. The number of benzene rings is 2. The van der Waals surface area contributed by atoms with Crippen LogP contribution in [0.1, 0.15) is 30.0 Å². The molecule has 1 atom stereocenters. The Kier molecular flexibility index (Phi) is 2.99. The van der Waals surface area contributed by atoms with Crippen molar-refractivity contribution in [2.24, 2.45) is 0 Å². The monoisotopic (exact) mass is 255 g/mol. The number of carboxylic acids is 1. The minimum atomic E-state index is -0.807. The highest BCUT2D eigenvalue weighted by atomic mass is 16.4. The molecular formula is C16H17NO2. The Morgan fingerprint density at radius 2 is 1.89 bits per heavy atom. The van der Waals surface area contributed by atoms with Crippen LogP contribution in [0.25, 0.3) is 10.8 Å². The Morgan fingerprint density at radius 1 is 1.21 bits per heavy atom. The minimum Gasteiger partial charge on any atom is -0.480 e. The Balaban J connectivity index is 1.97. The highest BCUT2D eigenvalue weighted by Gasteiger charge is 2.29. The Labute approximate surface area is 112 Å². The standard InChI is InChI=1S/C16H17NO2/c1-10-2-3-12-9-13(5-4-11(12)8-10)15(16(18)19)17-14-6-7-14/h2-5,8-9,14-15,17H,6-7H2,1H3,(H,18,19). The maximum absolute atomic E-state index is 11.4. The lowest BCUT2D eigenvalue weighted by atomic mass is 10.0. The summed E-state index contributed by atoms with van der Waals surface area (Å²) in [5.41, 5.74) is 2.04. The summed E-state index contributed by atoms with van der Waals surface area (Å²) in [6.07, 6.45) is 2.16. The molecule has 0 bridgehead atoms. The molecule has 2 aromatic rings. The van der Waals surface area contributed by atoms with Gasteiger partial charge in [0.2, 0.25) is 0 Å². The first-order chi connectivity index (χ1) is 9.13. The molecule has 3 rings (SSSR count). The predicted octanol–water partition coefficient (Wildman–Crippen LogP) is 3.03. The number of carboxylic acid groups (broad SMARTS) is 1. The molecule has 0 radical (unpaired) electrons. The molecule has 2 N–H and O–H groups in total. The van der Waals surface area contributed by atoms with E-state index in [1.54, 1.807) is 0 Å². The average molecular weight is 255 g/mol. The molecule has 3 heteroatoms. The van der Waals surface area contributed by atoms with E-state index < -0.39 is 12.0 Å². The van der Waals surface area contributed by atoms with Crippen molar-refractivity contribution in [2.75, 3.05) is 0 Å². The summed E-state index contributed by atoms with van der Waals surface area (Å²) in [5.74, 6) is -0.807. The summed E-state index contributed by atoms with van der Waals surface area (Å²) in [4.78, 5) is 11.4. The van der Waals surface area contributed by atoms with Gasteiger partial charge in [-0.2, -0.15) is 0 Å². The molecule has 3 nitrogen and oxygen atoms in total. The van der Waals surface area contributed by atoms with Crippen LogP contribution in [0.5, 0.6) is 0 Å². The molecular weight excluding hydrogens is 238 g/mol. The van der Waals surface area contributed by atoms with Gasteiger partial charge < -0.3 is 5.11 Å². The van der Waals surface area contributed by atoms with Gasteiger partial charge in [-0.05, 0) is 42.2 Å². The first-order valence-corrected chi connectivity index (χ1v) is 6.62. The van der Waals surface area contributed by atoms with Crippen LogP contribution in [0, 0.1) is 6.92 Å². The van der Waals surface area contributed by atoms with Gasteiger partial charge in [0.25, 0.3) is 0 Å². The molecule has 0 amide bonds. The molecule has 0 saturated heterocycles. The van der Waals surface area contributed by atoms with Gasteiger partial charge in [-0.25, -0.2) is 0 Å². The Morgan fingerprint density at radius 3 is 2.58 bits per heavy atom. The van der Waals surface area contributed by atoms with Crippen LogP contribution >= 0.6 is 0 Å². The molecule has 0 heterocycles. The zero-order chi connectivity index (χ0) is 13.4. The number of aryl methyl sites for hydroxylation is 1. The topological polar surface area (TPSA) is 49.3 Å². The molecule has 0 aromatic heterocycles. The van der Waals surface area contributed by atoms with Gasteiger partial charge in [-0.1, -0.05) is 35.9 Å². The molecule has 1 aliphatic rings. The van der Waals surface area contributed by atoms with E-state index in [1.807, 2.05) is 24.3 Å². The maximum atomic E-state index is 11.4. The van der Waals surface area contributed by atoms with Gasteiger partial charge >= 0.3 is 5.97 Å². The molecule has 1 saturated carbocycles. The highest BCUT2D eigenvalue weighted by molar-refractivity contribution is 5.85. The van der Waals surface area contributed by atoms with Crippen LogP contribution < -0.4 is 5.32 Å². The van der Waals surface area contributed by atoms with Crippen molar-refractivity contribution in [1.82, 2.24) is 5.32 Å². The molecule has 0 spiro atoms. The minimum absolute atomic E-state index is 0.370. The fourth-order valence-corrected chi connectivity index (χ4v) is 2.36. The van der Waals surface area contributed by atoms with Crippen molar-refractivity contribution in [1.29, 1.82) is 0 Å². The third-order valence-corrected chi connectivity index (χ3v) is 3.58. The zero-order valence-electron chi connectivity index (χ0n) is 10.9. The first kappa shape index (κ1) is 12.2. The lowest BCUT2D eigenvalue weighted by Gasteiger charge is -2.15. The van der Waals surface area contributed by atoms with E-state index in [-0.39, 0.29) is 0 Å². The number of nitrogens with one attached hydrogen (secondary N) is 1. The van der Waals surface area contributed by atoms with E-state index in [1.165, 1.54) is 5.56 Å². The zero-order valence-corrected chi connectivity index (χ0v) is 10.9. The van der Waals surface area contributed by atoms with Crippen LogP contribution in [0.3, 0.4) is 0 Å². The molecule has 1 unspecified atom stereocenters. The van der Waals surface area contributed by atoms with E-state index >= 15 is 0 Å². The van der Waals surface area contributed by atoms with Gasteiger partial charge in [0, 0.05) is 6.04 Å². The summed E-state index contributed by atoms with van der Waals surface area (Å²) in [6, 6.07) is 11.9. The van der Waals surface area contributed by atoms with E-state index in [2.05, 4.69) is 24.4 Å². The number of fused-ring (bicyclic) bond motifs is 1. The molecule has 0 aliphatic heterocycles. The average Bonchev–Trinajstić information content (AvgIpc) is 3.19. The van der Waals surface area contributed by atoms with Gasteiger partial charge in [0.15, 0.2) is 0 Å². The number of hydrogen-bond acceptors (Lipinski definition) is 2. The number of carbonyl (C=O) groups is 1. The predicted molar refractivity (Wildman–Crippen MR) is 75.2 cm³/mol. The highest BCUT2D eigenvalue weighted by Crippen LogP contribution is 2.26. The van der Waals surface area contributed by atoms with Gasteiger partial charge in [-0.15, -0.1) is 0 Å². The van der Waals surface area contributed by atoms with E-state index in [4.69, 9.17) is 0 Å². The van der Waals surface area contributed by atoms with Crippen molar-refractivity contribution in [3.8, 4) is 0 Å². The summed E-state index contributed by atoms with van der Waals surface area (Å²) in [6.45, 7) is 2.06. The summed E-state index contributed by atoms with van der Waals surface area (Å²) < 4.78 is 0. The lowest BCUT2D eigenvalue weighted by molar-refractivity contribution is -0.139. The van der Waals surface area contributed by atoms with Crippen LogP contribution in [-0.2, 0) is 4.79 Å². The van der Waals surface area contributed by atoms with Gasteiger partial charge in [0.05, 0.1) is 0 Å². The van der Waals surface area contributed by atoms with Gasteiger partial charge in [0.1, 0.15) is 6.04 Å². The molecule has 1 fully saturated rings. The van der Waals surface area contributed by atoms with Crippen LogP contribution in [0.4, 0.5) is 0 Å². The second-order valence-electron chi connectivity index (χ2n) is 5.32. The molecule has 98 valence electrons. The van der Waals surface area contributed by atoms with E-state index in [9.17, 15) is 9.90 Å². The largest absolute Gasteiger partial charge is 0.480 e. The number of rotatable bonds is 4. The van der Waals surface area contributed by atoms with Crippen molar-refractivity contribution in [3.05, 3.63) is 47.5 Å². The number of hydrogen-bond donors (Lipinski definition) is 2. The summed E-state index contributed by atoms with van der Waals surface area (Å²) >= 11 is 0. The third kappa shape index (κ3) is 2.61. The molecule has 2 aromatic carbocycles. The van der Waals surface area contributed by atoms with Crippen LogP contribution in [-0.4, -0.2) is 17.1 Å². The van der Waals surface area contributed by atoms with Crippen molar-refractivity contribution >= 4 is 16.7 Å². The van der Waals surface area contributed by atoms with Crippen molar-refractivity contribution < 1.29 is 9.90 Å². The van der Waals surface area contributed by atoms with Crippen molar-refractivity contribution in [3.63, 3.8) is 0 Å². The molecule has 1 aliphatic carbocycles. The SMILES string of the molecule is Cc1ccc2cc(C(NC3CC3)C(=O)O)ccc2c1. The normalized spacial score (nSPS) is 16.5. The van der Waals surface area contributed by atoms with Gasteiger partial charge in [-0.3, -0.25) is 10.1 Å². The Bertz CT molecular complexity index is 632. The smallest absolute Gasteiger partial charge is 0.325 e. The van der Waals surface area contributed by atoms with E-state index in [0.29, 0.717) is 6.04 Å². The maximum Gasteiger partial charge on any atom is 0.325 e. The molecule has 19 heavy (non-hydrogen) atoms. The fourth-order valence-electron chi connectivity index (χ4n) is 2.36. The quantitative estimate of drug-likeness (QED) is 0.883. The first-order valence-electron chi connectivity index (χ1n) is 6.62. The Hall–Kier alpha value is -1.87. The lowest BCUT2D eigenvalue weighted by Crippen LogP contribution is -2.30. The van der Waals surface area contributed by atoms with Crippen LogP contribution in [0.15, 0.2) is 36.4 Å². The fraction of sp³-hybridized carbons (Fsp3) is 0.312. The second-order valence-corrected chi connectivity index (χ2v) is 5.32.